The van der Waals surface area contributed by atoms with Crippen molar-refractivity contribution >= 4 is 32.3 Å². The molecule has 1 atom stereocenters. The molecule has 1 fully saturated rings. The van der Waals surface area contributed by atoms with E-state index in [4.69, 9.17) is 4.74 Å². The van der Waals surface area contributed by atoms with Crippen molar-refractivity contribution in [1.29, 1.82) is 0 Å². The summed E-state index contributed by atoms with van der Waals surface area (Å²) in [5, 5.41) is 3.12. The van der Waals surface area contributed by atoms with E-state index in [9.17, 15) is 16.8 Å². The van der Waals surface area contributed by atoms with Crippen LogP contribution in [0.1, 0.15) is 6.92 Å². The number of benzene rings is 1. The molecule has 0 aromatic heterocycles. The van der Waals surface area contributed by atoms with Crippen molar-refractivity contribution in [3.63, 3.8) is 0 Å². The van der Waals surface area contributed by atoms with Gasteiger partial charge in [-0.25, -0.2) is 16.8 Å². The molecule has 0 unspecified atom stereocenters. The van der Waals surface area contributed by atoms with E-state index >= 15 is 0 Å². The number of methoxy groups -OCH3 is 1. The van der Waals surface area contributed by atoms with E-state index in [-0.39, 0.29) is 34.0 Å². The quantitative estimate of drug-likeness (QED) is 0.812. The summed E-state index contributed by atoms with van der Waals surface area (Å²) in [5.41, 5.74) is 0. The normalized spacial score (nSPS) is 19.9. The smallest absolute Gasteiger partial charge is 0.247 e. The molecule has 132 valence electrons. The molecule has 1 heterocycles. The highest BCUT2D eigenvalue weighted by molar-refractivity contribution is 7.91. The Morgan fingerprint density at radius 1 is 1.26 bits per heavy atom. The molecule has 0 aliphatic carbocycles. The fourth-order valence-corrected chi connectivity index (χ4v) is 4.93. The summed E-state index contributed by atoms with van der Waals surface area (Å²) in [6.45, 7) is 3.23. The second kappa shape index (κ2) is 7.35. The molecule has 1 N–H and O–H groups in total. The van der Waals surface area contributed by atoms with Gasteiger partial charge in [-0.3, -0.25) is 0 Å². The van der Waals surface area contributed by atoms with Crippen LogP contribution in [0.25, 0.3) is 0 Å². The van der Waals surface area contributed by atoms with Gasteiger partial charge in [0.15, 0.2) is 9.84 Å². The van der Waals surface area contributed by atoms with Crippen LogP contribution in [0.15, 0.2) is 28.0 Å². The van der Waals surface area contributed by atoms with Gasteiger partial charge in [-0.1, -0.05) is 0 Å². The minimum absolute atomic E-state index is 0. The predicted octanol–water partition coefficient (Wildman–Crippen LogP) is 0.503. The number of sulfonamides is 1. The fourth-order valence-electron chi connectivity index (χ4n) is 2.40. The maximum Gasteiger partial charge on any atom is 0.247 e. The lowest BCUT2D eigenvalue weighted by atomic mass is 10.3. The number of halogens is 1. The topological polar surface area (TPSA) is 92.8 Å². The first-order chi connectivity index (χ1) is 10.2. The molecular weight excluding hydrogens is 364 g/mol. The van der Waals surface area contributed by atoms with E-state index in [1.165, 1.54) is 23.5 Å². The molecule has 10 heteroatoms. The Morgan fingerprint density at radius 2 is 1.91 bits per heavy atom. The minimum atomic E-state index is -3.83. The SMILES string of the molecule is COc1ccc(S(C)(=O)=O)cc1S(=O)(=O)N1CCNC[C@H]1C.Cl. The van der Waals surface area contributed by atoms with Gasteiger partial charge in [-0.15, -0.1) is 12.4 Å². The van der Waals surface area contributed by atoms with Crippen molar-refractivity contribution in [2.24, 2.45) is 0 Å². The van der Waals surface area contributed by atoms with Gasteiger partial charge in [-0.05, 0) is 25.1 Å². The summed E-state index contributed by atoms with van der Waals surface area (Å²) in [6.07, 6.45) is 1.04. The first-order valence-corrected chi connectivity index (χ1v) is 10.1. The maximum atomic E-state index is 12.9. The minimum Gasteiger partial charge on any atom is -0.495 e. The van der Waals surface area contributed by atoms with E-state index in [1.807, 2.05) is 0 Å². The number of nitrogens with zero attached hydrogens (tertiary/aromatic N) is 1. The van der Waals surface area contributed by atoms with E-state index in [0.29, 0.717) is 19.6 Å². The monoisotopic (exact) mass is 384 g/mol. The van der Waals surface area contributed by atoms with E-state index < -0.39 is 19.9 Å². The number of sulfone groups is 1. The molecule has 1 aliphatic rings. The fraction of sp³-hybridized carbons (Fsp3) is 0.538. The molecule has 0 spiro atoms. The molecule has 1 aliphatic heterocycles. The Morgan fingerprint density at radius 3 is 2.43 bits per heavy atom. The molecule has 0 amide bonds. The second-order valence-corrected chi connectivity index (χ2v) is 9.13. The maximum absolute atomic E-state index is 12.9. The summed E-state index contributed by atoms with van der Waals surface area (Å²) in [7, 11) is -5.98. The molecule has 2 rings (SSSR count). The summed E-state index contributed by atoms with van der Waals surface area (Å²) >= 11 is 0. The van der Waals surface area contributed by atoms with E-state index in [0.717, 1.165) is 12.3 Å². The third-order valence-electron chi connectivity index (χ3n) is 3.59. The summed E-state index contributed by atoms with van der Waals surface area (Å²) in [5.74, 6) is 0.137. The number of nitrogens with one attached hydrogen (secondary N) is 1. The molecule has 0 radical (unpaired) electrons. The Hall–Kier alpha value is -0.870. The van der Waals surface area contributed by atoms with Gasteiger partial charge in [0.2, 0.25) is 10.0 Å². The average Bonchev–Trinajstić information content (AvgIpc) is 2.45. The van der Waals surface area contributed by atoms with Crippen molar-refractivity contribution in [3.05, 3.63) is 18.2 Å². The van der Waals surface area contributed by atoms with Gasteiger partial charge < -0.3 is 10.1 Å². The van der Waals surface area contributed by atoms with Crippen LogP contribution in [0, 0.1) is 0 Å². The van der Waals surface area contributed by atoms with Gasteiger partial charge in [0, 0.05) is 31.9 Å². The first kappa shape index (κ1) is 20.2. The zero-order chi connectivity index (χ0) is 16.5. The van der Waals surface area contributed by atoms with Crippen LogP contribution in [0.3, 0.4) is 0 Å². The molecule has 0 bridgehead atoms. The van der Waals surface area contributed by atoms with Gasteiger partial charge >= 0.3 is 0 Å². The molecule has 0 saturated carbocycles. The van der Waals surface area contributed by atoms with Crippen LogP contribution >= 0.6 is 12.4 Å². The zero-order valence-electron chi connectivity index (χ0n) is 13.1. The van der Waals surface area contributed by atoms with Crippen LogP contribution in [0.5, 0.6) is 5.75 Å². The lowest BCUT2D eigenvalue weighted by Crippen LogP contribution is -2.52. The molecule has 23 heavy (non-hydrogen) atoms. The number of hydrogen-bond donors (Lipinski definition) is 1. The second-order valence-electron chi connectivity index (χ2n) is 5.25. The Kier molecular flexibility index (Phi) is 6.45. The summed E-state index contributed by atoms with van der Waals surface area (Å²) in [4.78, 5) is -0.165. The third-order valence-corrected chi connectivity index (χ3v) is 6.74. The number of hydrogen-bond acceptors (Lipinski definition) is 6. The average molecular weight is 385 g/mol. The van der Waals surface area contributed by atoms with Crippen molar-refractivity contribution in [1.82, 2.24) is 9.62 Å². The highest BCUT2D eigenvalue weighted by atomic mass is 35.5. The van der Waals surface area contributed by atoms with Crippen molar-refractivity contribution in [3.8, 4) is 5.75 Å². The van der Waals surface area contributed by atoms with E-state index in [1.54, 1.807) is 6.92 Å². The zero-order valence-corrected chi connectivity index (χ0v) is 15.6. The number of rotatable bonds is 4. The van der Waals surface area contributed by atoms with Gasteiger partial charge in [0.25, 0.3) is 0 Å². The molecule has 1 aromatic carbocycles. The Bertz CT molecular complexity index is 765. The van der Waals surface area contributed by atoms with Crippen LogP contribution in [0.4, 0.5) is 0 Å². The Balaban J connectivity index is 0.00000264. The standard InChI is InChI=1S/C13H20N2O5S2.ClH/c1-10-9-14-6-7-15(10)22(18,19)13-8-11(21(3,16)17)4-5-12(13)20-2;/h4-5,8,10,14H,6-7,9H2,1-3H3;1H/t10-;/m1./s1. The van der Waals surface area contributed by atoms with Crippen molar-refractivity contribution in [2.45, 2.75) is 22.8 Å². The lowest BCUT2D eigenvalue weighted by Gasteiger charge is -2.33. The number of ether oxygens (including phenoxy) is 1. The molecular formula is C13H21ClN2O5S2. The highest BCUT2D eigenvalue weighted by Gasteiger charge is 2.33. The van der Waals surface area contributed by atoms with Crippen molar-refractivity contribution < 1.29 is 21.6 Å². The van der Waals surface area contributed by atoms with Crippen LogP contribution in [-0.4, -0.2) is 60.2 Å². The Labute approximate surface area is 143 Å². The summed E-state index contributed by atoms with van der Waals surface area (Å²) in [6, 6.07) is 3.66. The first-order valence-electron chi connectivity index (χ1n) is 6.78. The van der Waals surface area contributed by atoms with E-state index in [2.05, 4.69) is 5.32 Å². The lowest BCUT2D eigenvalue weighted by molar-refractivity contribution is 0.282. The molecule has 7 nitrogen and oxygen atoms in total. The van der Waals surface area contributed by atoms with Gasteiger partial charge in [0.05, 0.1) is 12.0 Å². The van der Waals surface area contributed by atoms with Gasteiger partial charge in [0.1, 0.15) is 10.6 Å². The van der Waals surface area contributed by atoms with Crippen molar-refractivity contribution in [2.75, 3.05) is 33.0 Å². The van der Waals surface area contributed by atoms with Gasteiger partial charge in [-0.2, -0.15) is 4.31 Å². The highest BCUT2D eigenvalue weighted by Crippen LogP contribution is 2.30. The third kappa shape index (κ3) is 4.16. The largest absolute Gasteiger partial charge is 0.495 e. The summed E-state index contributed by atoms with van der Waals surface area (Å²) < 4.78 is 55.6. The van der Waals surface area contributed by atoms with Crippen LogP contribution in [0.2, 0.25) is 0 Å². The van der Waals surface area contributed by atoms with Crippen LogP contribution in [-0.2, 0) is 19.9 Å². The van der Waals surface area contributed by atoms with Crippen LogP contribution < -0.4 is 10.1 Å². The molecule has 1 aromatic rings. The predicted molar refractivity (Wildman–Crippen MR) is 89.6 cm³/mol. The number of piperazine rings is 1. The molecule has 1 saturated heterocycles.